The molecule has 0 aliphatic carbocycles. The summed E-state index contributed by atoms with van der Waals surface area (Å²) in [7, 11) is 0. The number of imidazole rings is 1. The summed E-state index contributed by atoms with van der Waals surface area (Å²) in [6.07, 6.45) is 5.60. The van der Waals surface area contributed by atoms with Crippen LogP contribution in [0.15, 0.2) is 24.7 Å². The molecule has 2 aromatic heterocycles. The van der Waals surface area contributed by atoms with Crippen molar-refractivity contribution in [3.8, 4) is 0 Å². The number of aromatic amines is 1. The van der Waals surface area contributed by atoms with Gasteiger partial charge in [-0.15, -0.1) is 0 Å². The number of H-pyrrole nitrogens is 1. The highest BCUT2D eigenvalue weighted by Crippen LogP contribution is 2.23. The number of thiocarbonyl (C=S) groups is 1. The summed E-state index contributed by atoms with van der Waals surface area (Å²) >= 11 is 17.1. The van der Waals surface area contributed by atoms with Gasteiger partial charge in [-0.3, -0.25) is 4.98 Å². The van der Waals surface area contributed by atoms with Gasteiger partial charge in [0.05, 0.1) is 15.7 Å². The van der Waals surface area contributed by atoms with Crippen molar-refractivity contribution in [1.82, 2.24) is 20.3 Å². The van der Waals surface area contributed by atoms with E-state index in [1.54, 1.807) is 24.7 Å². The third-order valence-corrected chi connectivity index (χ3v) is 3.37. The fourth-order valence-electron chi connectivity index (χ4n) is 1.41. The molecule has 0 radical (unpaired) electrons. The highest BCUT2D eigenvalue weighted by atomic mass is 35.5. The van der Waals surface area contributed by atoms with Gasteiger partial charge in [-0.1, -0.05) is 23.2 Å². The Morgan fingerprint density at radius 3 is 2.89 bits per heavy atom. The first-order valence-electron chi connectivity index (χ1n) is 5.50. The van der Waals surface area contributed by atoms with Gasteiger partial charge < -0.3 is 15.6 Å². The molecule has 2 heterocycles. The van der Waals surface area contributed by atoms with Crippen molar-refractivity contribution < 1.29 is 0 Å². The van der Waals surface area contributed by atoms with Crippen LogP contribution in [0.3, 0.4) is 0 Å². The van der Waals surface area contributed by atoms with Crippen molar-refractivity contribution in [3.05, 3.63) is 40.4 Å². The standard InChI is InChI=1S/C11H11Cl2N5S/c12-7-1-3-14-8(9(7)13)2-4-17-11(19)18-10-15-5-6-16-10/h1,3,5-6H,2,4H2,(H3,15,16,17,18,19). The summed E-state index contributed by atoms with van der Waals surface area (Å²) in [4.78, 5) is 11.1. The zero-order chi connectivity index (χ0) is 13.7. The maximum atomic E-state index is 6.04. The number of nitrogens with one attached hydrogen (secondary N) is 3. The van der Waals surface area contributed by atoms with Gasteiger partial charge in [0.25, 0.3) is 0 Å². The number of hydrogen-bond acceptors (Lipinski definition) is 3. The molecule has 2 rings (SSSR count). The molecule has 0 saturated carbocycles. The molecule has 0 saturated heterocycles. The van der Waals surface area contributed by atoms with Gasteiger partial charge in [0, 0.05) is 31.6 Å². The lowest BCUT2D eigenvalue weighted by Gasteiger charge is -2.09. The molecule has 0 unspecified atom stereocenters. The average Bonchev–Trinajstić information content (AvgIpc) is 2.87. The van der Waals surface area contributed by atoms with Crippen LogP contribution in [0.4, 0.5) is 5.95 Å². The van der Waals surface area contributed by atoms with E-state index in [0.717, 1.165) is 5.69 Å². The van der Waals surface area contributed by atoms with Crippen molar-refractivity contribution in [1.29, 1.82) is 0 Å². The number of hydrogen-bond donors (Lipinski definition) is 3. The topological polar surface area (TPSA) is 65.6 Å². The second kappa shape index (κ2) is 6.70. The van der Waals surface area contributed by atoms with Gasteiger partial charge in [0.1, 0.15) is 0 Å². The van der Waals surface area contributed by atoms with Crippen LogP contribution in [0.25, 0.3) is 0 Å². The van der Waals surface area contributed by atoms with Crippen LogP contribution >= 0.6 is 35.4 Å². The maximum Gasteiger partial charge on any atom is 0.206 e. The number of aromatic nitrogens is 3. The van der Waals surface area contributed by atoms with Crippen LogP contribution in [0.1, 0.15) is 5.69 Å². The molecule has 8 heteroatoms. The highest BCUT2D eigenvalue weighted by Gasteiger charge is 2.06. The maximum absolute atomic E-state index is 6.04. The monoisotopic (exact) mass is 315 g/mol. The Kier molecular flexibility index (Phi) is 4.95. The minimum absolute atomic E-state index is 0.480. The number of pyridine rings is 1. The zero-order valence-corrected chi connectivity index (χ0v) is 12.1. The predicted molar refractivity (Wildman–Crippen MR) is 80.8 cm³/mol. The molecule has 0 aliphatic heterocycles. The zero-order valence-electron chi connectivity index (χ0n) is 9.78. The van der Waals surface area contributed by atoms with E-state index in [0.29, 0.717) is 34.1 Å². The van der Waals surface area contributed by atoms with Crippen LogP contribution < -0.4 is 10.6 Å². The summed E-state index contributed by atoms with van der Waals surface area (Å²) in [6.45, 7) is 0.597. The van der Waals surface area contributed by atoms with Crippen LogP contribution in [0.2, 0.25) is 10.0 Å². The fourth-order valence-corrected chi connectivity index (χ4v) is 1.98. The van der Waals surface area contributed by atoms with Crippen molar-refractivity contribution in [2.45, 2.75) is 6.42 Å². The van der Waals surface area contributed by atoms with Crippen LogP contribution in [-0.4, -0.2) is 26.6 Å². The number of halogens is 2. The van der Waals surface area contributed by atoms with Crippen molar-refractivity contribution in [3.63, 3.8) is 0 Å². The molecule has 3 N–H and O–H groups in total. The quantitative estimate of drug-likeness (QED) is 0.757. The predicted octanol–water partition coefficient (Wildman–Crippen LogP) is 2.64. The van der Waals surface area contributed by atoms with Crippen LogP contribution in [0.5, 0.6) is 0 Å². The summed E-state index contributed by atoms with van der Waals surface area (Å²) in [5.41, 5.74) is 0.738. The SMILES string of the molecule is S=C(NCCc1nccc(Cl)c1Cl)Nc1ncc[nH]1. The molecule has 0 spiro atoms. The van der Waals surface area contributed by atoms with E-state index in [1.807, 2.05) is 0 Å². The molecule has 0 amide bonds. The minimum Gasteiger partial charge on any atom is -0.362 e. The Morgan fingerprint density at radius 1 is 1.32 bits per heavy atom. The third-order valence-electron chi connectivity index (χ3n) is 2.29. The van der Waals surface area contributed by atoms with Crippen LogP contribution in [0, 0.1) is 0 Å². The Bertz CT molecular complexity index is 558. The van der Waals surface area contributed by atoms with Gasteiger partial charge in [-0.2, -0.15) is 0 Å². The first-order chi connectivity index (χ1) is 9.16. The smallest absolute Gasteiger partial charge is 0.206 e. The molecule has 0 atom stereocenters. The second-order valence-electron chi connectivity index (χ2n) is 3.62. The minimum atomic E-state index is 0.480. The molecule has 0 aliphatic rings. The van der Waals surface area contributed by atoms with E-state index in [-0.39, 0.29) is 0 Å². The highest BCUT2D eigenvalue weighted by molar-refractivity contribution is 7.80. The Balaban J connectivity index is 1.80. The van der Waals surface area contributed by atoms with E-state index < -0.39 is 0 Å². The van der Waals surface area contributed by atoms with E-state index in [2.05, 4.69) is 25.6 Å². The summed E-state index contributed by atoms with van der Waals surface area (Å²) in [6, 6.07) is 1.66. The lowest BCUT2D eigenvalue weighted by atomic mass is 10.2. The van der Waals surface area contributed by atoms with E-state index >= 15 is 0 Å². The number of rotatable bonds is 4. The molecular formula is C11H11Cl2N5S. The Morgan fingerprint density at radius 2 is 2.16 bits per heavy atom. The van der Waals surface area contributed by atoms with Crippen molar-refractivity contribution in [2.24, 2.45) is 0 Å². The molecule has 19 heavy (non-hydrogen) atoms. The molecular weight excluding hydrogens is 305 g/mol. The van der Waals surface area contributed by atoms with E-state index in [1.165, 1.54) is 0 Å². The van der Waals surface area contributed by atoms with Gasteiger partial charge in [0.15, 0.2) is 5.11 Å². The van der Waals surface area contributed by atoms with Crippen molar-refractivity contribution >= 4 is 46.5 Å². The fraction of sp³-hybridized carbons (Fsp3) is 0.182. The molecule has 100 valence electrons. The summed E-state index contributed by atoms with van der Waals surface area (Å²) < 4.78 is 0. The van der Waals surface area contributed by atoms with E-state index in [9.17, 15) is 0 Å². The Labute approximate surface area is 125 Å². The van der Waals surface area contributed by atoms with Gasteiger partial charge >= 0.3 is 0 Å². The van der Waals surface area contributed by atoms with Crippen LogP contribution in [-0.2, 0) is 6.42 Å². The third kappa shape index (κ3) is 4.05. The first kappa shape index (κ1) is 14.0. The number of anilines is 1. The number of nitrogens with zero attached hydrogens (tertiary/aromatic N) is 2. The molecule has 2 aromatic rings. The Hall–Kier alpha value is -1.37. The first-order valence-corrected chi connectivity index (χ1v) is 6.66. The van der Waals surface area contributed by atoms with E-state index in [4.69, 9.17) is 35.4 Å². The average molecular weight is 316 g/mol. The summed E-state index contributed by atoms with van der Waals surface area (Å²) in [5, 5.41) is 7.41. The molecule has 0 fully saturated rings. The van der Waals surface area contributed by atoms with Gasteiger partial charge in [-0.25, -0.2) is 4.98 Å². The lowest BCUT2D eigenvalue weighted by Crippen LogP contribution is -2.30. The normalized spacial score (nSPS) is 10.2. The molecule has 0 aromatic carbocycles. The van der Waals surface area contributed by atoms with Gasteiger partial charge in [-0.05, 0) is 18.3 Å². The van der Waals surface area contributed by atoms with Crippen molar-refractivity contribution in [2.75, 3.05) is 11.9 Å². The summed E-state index contributed by atoms with van der Waals surface area (Å²) in [5.74, 6) is 0.594. The lowest BCUT2D eigenvalue weighted by molar-refractivity contribution is 0.847. The molecule has 5 nitrogen and oxygen atoms in total. The molecule has 0 bridgehead atoms. The second-order valence-corrected chi connectivity index (χ2v) is 4.82. The van der Waals surface area contributed by atoms with Gasteiger partial charge in [0.2, 0.25) is 5.95 Å². The largest absolute Gasteiger partial charge is 0.362 e.